The Kier molecular flexibility index (Phi) is 7.44. The Morgan fingerprint density at radius 2 is 1.24 bits per heavy atom. The number of amides is 2. The molecule has 0 radical (unpaired) electrons. The topological polar surface area (TPSA) is 90.7 Å². The van der Waals surface area contributed by atoms with E-state index in [2.05, 4.69) is 17.6 Å². The van der Waals surface area contributed by atoms with E-state index < -0.39 is 0 Å². The second-order valence-corrected chi connectivity index (χ2v) is 10.0. The first-order valence-corrected chi connectivity index (χ1v) is 12.4. The zero-order valence-electron chi connectivity index (χ0n) is 20.1. The lowest BCUT2D eigenvalue weighted by Crippen LogP contribution is -2.35. The lowest BCUT2D eigenvalue weighted by Gasteiger charge is -2.37. The van der Waals surface area contributed by atoms with E-state index in [0.29, 0.717) is 18.6 Å². The molecule has 4 rings (SSSR count). The van der Waals surface area contributed by atoms with Gasteiger partial charge in [0.15, 0.2) is 5.75 Å². The molecule has 0 spiro atoms. The highest BCUT2D eigenvalue weighted by molar-refractivity contribution is 5.77. The average Bonchev–Trinajstić information content (AvgIpc) is 3.33. The van der Waals surface area contributed by atoms with E-state index in [4.69, 9.17) is 15.3 Å². The number of nitrogens with one attached hydrogen (secondary N) is 1. The van der Waals surface area contributed by atoms with Crippen LogP contribution in [0, 0.1) is 0 Å². The molecule has 0 unspecified atom stereocenters. The monoisotopic (exact) mass is 464 g/mol. The molecule has 3 N–H and O–H groups in total. The first-order valence-electron chi connectivity index (χ1n) is 12.4. The number of carbonyl (C=O) groups excluding carboxylic acids is 2. The Hall–Kier alpha value is -3.02. The summed E-state index contributed by atoms with van der Waals surface area (Å²) in [6.45, 7) is 0. The van der Waals surface area contributed by atoms with Crippen LogP contribution in [-0.2, 0) is 20.4 Å². The van der Waals surface area contributed by atoms with Gasteiger partial charge in [-0.1, -0.05) is 56.4 Å². The Labute approximate surface area is 202 Å². The van der Waals surface area contributed by atoms with Gasteiger partial charge >= 0.3 is 0 Å². The Balaban J connectivity index is 1.39. The minimum atomic E-state index is -0.257. The first kappa shape index (κ1) is 24.1. The molecule has 2 fully saturated rings. The van der Waals surface area contributed by atoms with E-state index in [1.807, 2.05) is 36.4 Å². The average molecular weight is 465 g/mol. The summed E-state index contributed by atoms with van der Waals surface area (Å²) in [7, 11) is 1.66. The minimum Gasteiger partial charge on any atom is -0.497 e. The number of hydroxylamine groups is 1. The molecule has 2 aliphatic rings. The van der Waals surface area contributed by atoms with Gasteiger partial charge in [-0.15, -0.1) is 0 Å². The fourth-order valence-corrected chi connectivity index (χ4v) is 6.03. The van der Waals surface area contributed by atoms with Gasteiger partial charge in [0.25, 0.3) is 5.91 Å². The van der Waals surface area contributed by atoms with E-state index >= 15 is 0 Å². The van der Waals surface area contributed by atoms with Gasteiger partial charge in [-0.3, -0.25) is 9.59 Å². The van der Waals surface area contributed by atoms with Gasteiger partial charge in [-0.05, 0) is 61.1 Å². The van der Waals surface area contributed by atoms with Crippen LogP contribution >= 0.6 is 0 Å². The fraction of sp³-hybridized carbons (Fsp3) is 0.500. The quantitative estimate of drug-likeness (QED) is 0.506. The lowest BCUT2D eigenvalue weighted by molar-refractivity contribution is -0.129. The Morgan fingerprint density at radius 1 is 0.765 bits per heavy atom. The molecule has 0 atom stereocenters. The summed E-state index contributed by atoms with van der Waals surface area (Å²) in [5.74, 6) is 1.01. The summed E-state index contributed by atoms with van der Waals surface area (Å²) < 4.78 is 5.28. The van der Waals surface area contributed by atoms with Crippen molar-refractivity contribution in [1.29, 1.82) is 0 Å². The van der Waals surface area contributed by atoms with Crippen LogP contribution in [0.2, 0.25) is 0 Å². The minimum absolute atomic E-state index is 0.126. The molecule has 0 heterocycles. The van der Waals surface area contributed by atoms with Gasteiger partial charge in [0, 0.05) is 23.7 Å². The Morgan fingerprint density at radius 3 is 1.74 bits per heavy atom. The predicted octanol–water partition coefficient (Wildman–Crippen LogP) is 5.08. The van der Waals surface area contributed by atoms with Crippen molar-refractivity contribution in [2.75, 3.05) is 7.11 Å². The first-order chi connectivity index (χ1) is 16.4. The van der Waals surface area contributed by atoms with Crippen LogP contribution in [0.25, 0.3) is 0 Å². The molecule has 2 saturated carbocycles. The molecule has 6 nitrogen and oxygen atoms in total. The van der Waals surface area contributed by atoms with Crippen LogP contribution in [0.4, 0.5) is 0 Å². The van der Waals surface area contributed by atoms with E-state index in [9.17, 15) is 9.59 Å². The lowest BCUT2D eigenvalue weighted by atomic mass is 9.67. The number of hydrogen-bond donors (Lipinski definition) is 2. The van der Waals surface area contributed by atoms with Gasteiger partial charge in [0.2, 0.25) is 5.91 Å². The normalized spacial score (nSPS) is 18.7. The molecule has 2 aliphatic carbocycles. The summed E-state index contributed by atoms with van der Waals surface area (Å²) in [5, 5.41) is 0. The van der Waals surface area contributed by atoms with Crippen LogP contribution in [-0.4, -0.2) is 18.9 Å². The highest BCUT2D eigenvalue weighted by atomic mass is 16.7. The summed E-state index contributed by atoms with van der Waals surface area (Å²) in [4.78, 5) is 30.2. The Bertz CT molecular complexity index is 972. The summed E-state index contributed by atoms with van der Waals surface area (Å²) in [6, 6.07) is 15.8. The van der Waals surface area contributed by atoms with Gasteiger partial charge in [0.1, 0.15) is 5.75 Å². The van der Waals surface area contributed by atoms with Crippen molar-refractivity contribution < 1.29 is 19.2 Å². The van der Waals surface area contributed by atoms with E-state index in [1.165, 1.54) is 12.0 Å². The zero-order valence-corrected chi connectivity index (χ0v) is 20.1. The van der Waals surface area contributed by atoms with Crippen molar-refractivity contribution in [3.05, 3.63) is 59.7 Å². The van der Waals surface area contributed by atoms with E-state index in [0.717, 1.165) is 62.7 Å². The summed E-state index contributed by atoms with van der Waals surface area (Å²) >= 11 is 0. The van der Waals surface area contributed by atoms with Crippen LogP contribution < -0.4 is 20.8 Å². The second kappa shape index (κ2) is 10.5. The maximum atomic E-state index is 12.8. The third-order valence-electron chi connectivity index (χ3n) is 7.83. The molecule has 0 aliphatic heterocycles. The van der Waals surface area contributed by atoms with Gasteiger partial charge in [-0.2, -0.15) is 5.48 Å². The van der Waals surface area contributed by atoms with Crippen LogP contribution in [0.15, 0.2) is 48.5 Å². The van der Waals surface area contributed by atoms with Gasteiger partial charge in [0.05, 0.1) is 7.11 Å². The number of primary amides is 1. The maximum Gasteiger partial charge on any atom is 0.253 e. The molecule has 0 saturated heterocycles. The largest absolute Gasteiger partial charge is 0.497 e. The predicted molar refractivity (Wildman–Crippen MR) is 132 cm³/mol. The molecule has 0 aromatic heterocycles. The number of benzene rings is 2. The van der Waals surface area contributed by atoms with Crippen molar-refractivity contribution in [3.63, 3.8) is 0 Å². The summed E-state index contributed by atoms with van der Waals surface area (Å²) in [5.41, 5.74) is 10.2. The van der Waals surface area contributed by atoms with Crippen molar-refractivity contribution in [2.24, 2.45) is 5.73 Å². The smallest absolute Gasteiger partial charge is 0.253 e. The van der Waals surface area contributed by atoms with E-state index in [1.54, 1.807) is 7.11 Å². The SMILES string of the molecule is COc1ccc(C2(CC(=O)NOc3ccc(C4(CC(N)=O)CCCCC4)cc3)CCCC2)cc1. The standard InChI is InChI=1S/C28H36N2O4/c1-33-23-11-7-22(8-12-23)28(17-5-6-18-28)20-26(32)30-34-24-13-9-21(10-14-24)27(19-25(29)31)15-3-2-4-16-27/h7-14H,2-6,15-20H2,1H3,(H2,29,31)(H,30,32). The molecular formula is C28H36N2O4. The third kappa shape index (κ3) is 5.37. The molecule has 2 aromatic carbocycles. The van der Waals surface area contributed by atoms with Crippen LogP contribution in [0.1, 0.15) is 81.8 Å². The molecule has 2 aromatic rings. The van der Waals surface area contributed by atoms with Gasteiger partial charge in [-0.25, -0.2) is 0 Å². The number of methoxy groups -OCH3 is 1. The molecule has 6 heteroatoms. The van der Waals surface area contributed by atoms with Gasteiger partial charge < -0.3 is 15.3 Å². The number of ether oxygens (including phenoxy) is 1. The zero-order chi connectivity index (χ0) is 24.0. The third-order valence-corrected chi connectivity index (χ3v) is 7.83. The fourth-order valence-electron chi connectivity index (χ4n) is 6.03. The van der Waals surface area contributed by atoms with E-state index in [-0.39, 0.29) is 22.6 Å². The second-order valence-electron chi connectivity index (χ2n) is 10.0. The summed E-state index contributed by atoms with van der Waals surface area (Å²) in [6.07, 6.45) is 10.3. The maximum absolute atomic E-state index is 12.8. The molecule has 182 valence electrons. The highest BCUT2D eigenvalue weighted by Crippen LogP contribution is 2.44. The van der Waals surface area contributed by atoms with Crippen LogP contribution in [0.5, 0.6) is 11.5 Å². The number of rotatable bonds is 9. The molecule has 0 bridgehead atoms. The number of nitrogens with two attached hydrogens (primary N) is 1. The van der Waals surface area contributed by atoms with Crippen molar-refractivity contribution in [3.8, 4) is 11.5 Å². The molecule has 34 heavy (non-hydrogen) atoms. The van der Waals surface area contributed by atoms with Crippen molar-refractivity contribution >= 4 is 11.8 Å². The van der Waals surface area contributed by atoms with Crippen molar-refractivity contribution in [1.82, 2.24) is 5.48 Å². The van der Waals surface area contributed by atoms with Crippen LogP contribution in [0.3, 0.4) is 0 Å². The molecule has 2 amide bonds. The molecular weight excluding hydrogens is 428 g/mol. The highest BCUT2D eigenvalue weighted by Gasteiger charge is 2.38. The van der Waals surface area contributed by atoms with Crippen molar-refractivity contribution in [2.45, 2.75) is 81.5 Å². The number of hydrogen-bond acceptors (Lipinski definition) is 4. The number of carbonyl (C=O) groups is 2.